The fourth-order valence-electron chi connectivity index (χ4n) is 4.40. The number of anilines is 2. The van der Waals surface area contributed by atoms with Crippen molar-refractivity contribution in [1.82, 2.24) is 10.2 Å². The van der Waals surface area contributed by atoms with Gasteiger partial charge >= 0.3 is 0 Å². The fraction of sp³-hybridized carbons (Fsp3) is 0.276. The van der Waals surface area contributed by atoms with Gasteiger partial charge in [0.05, 0.1) is 30.9 Å². The second-order valence-electron chi connectivity index (χ2n) is 9.14. The molecule has 0 saturated heterocycles. The number of ether oxygens (including phenoxy) is 1. The highest BCUT2D eigenvalue weighted by atomic mass is 16.5. The molecule has 0 saturated carbocycles. The van der Waals surface area contributed by atoms with Gasteiger partial charge in [-0.3, -0.25) is 19.3 Å². The highest BCUT2D eigenvalue weighted by Crippen LogP contribution is 2.40. The number of rotatable bonds is 7. The maximum atomic E-state index is 14.0. The number of aryl methyl sites for hydroxylation is 1. The van der Waals surface area contributed by atoms with Crippen molar-refractivity contribution in [2.45, 2.75) is 19.4 Å². The molecule has 3 aromatic carbocycles. The lowest BCUT2D eigenvalue weighted by atomic mass is 9.98. The smallest absolute Gasteiger partial charge is 0.258 e. The summed E-state index contributed by atoms with van der Waals surface area (Å²) >= 11 is 0. The molecule has 37 heavy (non-hydrogen) atoms. The van der Waals surface area contributed by atoms with E-state index in [-0.39, 0.29) is 24.1 Å². The van der Waals surface area contributed by atoms with Crippen molar-refractivity contribution in [3.63, 3.8) is 0 Å². The van der Waals surface area contributed by atoms with Crippen LogP contribution in [0, 0.1) is 6.92 Å². The molecule has 2 N–H and O–H groups in total. The van der Waals surface area contributed by atoms with E-state index in [1.165, 1.54) is 0 Å². The first-order chi connectivity index (χ1) is 17.8. The quantitative estimate of drug-likeness (QED) is 0.511. The van der Waals surface area contributed by atoms with Crippen LogP contribution in [0.1, 0.15) is 44.3 Å². The molecule has 1 heterocycles. The van der Waals surface area contributed by atoms with Crippen molar-refractivity contribution in [3.8, 4) is 5.75 Å². The zero-order valence-electron chi connectivity index (χ0n) is 21.6. The molecule has 0 spiro atoms. The van der Waals surface area contributed by atoms with Crippen LogP contribution in [0.2, 0.25) is 0 Å². The Morgan fingerprint density at radius 1 is 1.05 bits per heavy atom. The van der Waals surface area contributed by atoms with E-state index in [4.69, 9.17) is 4.74 Å². The molecule has 0 fully saturated rings. The van der Waals surface area contributed by atoms with Gasteiger partial charge in [0.2, 0.25) is 5.91 Å². The number of hydrogen-bond donors (Lipinski definition) is 2. The molecule has 4 rings (SSSR count). The number of nitrogens with zero attached hydrogens (tertiary/aromatic N) is 2. The zero-order valence-corrected chi connectivity index (χ0v) is 21.6. The molecule has 0 bridgehead atoms. The maximum absolute atomic E-state index is 14.0. The highest BCUT2D eigenvalue weighted by molar-refractivity contribution is 6.12. The molecule has 1 unspecified atom stereocenters. The summed E-state index contributed by atoms with van der Waals surface area (Å²) in [6.07, 6.45) is 0.0744. The van der Waals surface area contributed by atoms with Crippen LogP contribution < -0.4 is 20.3 Å². The van der Waals surface area contributed by atoms with Gasteiger partial charge in [-0.05, 0) is 62.0 Å². The van der Waals surface area contributed by atoms with Crippen LogP contribution in [0.25, 0.3) is 0 Å². The Morgan fingerprint density at radius 2 is 1.73 bits per heavy atom. The molecule has 1 aliphatic rings. The van der Waals surface area contributed by atoms with E-state index >= 15 is 0 Å². The Labute approximate surface area is 217 Å². The predicted octanol–water partition coefficient (Wildman–Crippen LogP) is 4.03. The van der Waals surface area contributed by atoms with Gasteiger partial charge in [-0.1, -0.05) is 29.8 Å². The Bertz CT molecular complexity index is 1290. The number of methoxy groups -OCH3 is 1. The van der Waals surface area contributed by atoms with E-state index in [1.807, 2.05) is 38.2 Å². The van der Waals surface area contributed by atoms with Crippen LogP contribution in [-0.2, 0) is 4.79 Å². The SMILES string of the molecule is CNCCN(C)C(=O)c1ccc2c(c1)NC(=O)CC(c1ccc(C)cc1)N2C(=O)c1ccc(OC)cc1. The summed E-state index contributed by atoms with van der Waals surface area (Å²) in [6, 6.07) is 19.3. The number of carbonyl (C=O) groups is 3. The van der Waals surface area contributed by atoms with E-state index in [1.54, 1.807) is 66.4 Å². The molecule has 8 heteroatoms. The highest BCUT2D eigenvalue weighted by Gasteiger charge is 2.34. The van der Waals surface area contributed by atoms with Crippen molar-refractivity contribution in [2.24, 2.45) is 0 Å². The van der Waals surface area contributed by atoms with Crippen molar-refractivity contribution in [3.05, 3.63) is 89.0 Å². The van der Waals surface area contributed by atoms with E-state index in [0.29, 0.717) is 41.3 Å². The summed E-state index contributed by atoms with van der Waals surface area (Å²) in [5, 5.41) is 5.96. The monoisotopic (exact) mass is 500 g/mol. The third-order valence-corrected chi connectivity index (χ3v) is 6.53. The third-order valence-electron chi connectivity index (χ3n) is 6.53. The molecule has 3 amide bonds. The molecule has 0 aromatic heterocycles. The Hall–Kier alpha value is -4.17. The number of fused-ring (bicyclic) bond motifs is 1. The Kier molecular flexibility index (Phi) is 7.89. The standard InChI is InChI=1S/C29H32N4O4/c1-19-5-7-20(8-6-19)26-18-27(34)31-24-17-22(28(35)32(3)16-15-30-2)11-14-25(24)33(26)29(36)21-9-12-23(37-4)13-10-21/h5-14,17,26,30H,15-16,18H2,1-4H3,(H,31,34). The first-order valence-electron chi connectivity index (χ1n) is 12.2. The molecule has 192 valence electrons. The van der Waals surface area contributed by atoms with Crippen LogP contribution >= 0.6 is 0 Å². The lowest BCUT2D eigenvalue weighted by molar-refractivity contribution is -0.116. The molecule has 8 nitrogen and oxygen atoms in total. The Balaban J connectivity index is 1.80. The predicted molar refractivity (Wildman–Crippen MR) is 144 cm³/mol. The van der Waals surface area contributed by atoms with Crippen LogP contribution in [0.5, 0.6) is 5.75 Å². The maximum Gasteiger partial charge on any atom is 0.258 e. The summed E-state index contributed by atoms with van der Waals surface area (Å²) < 4.78 is 5.25. The number of likely N-dealkylation sites (N-methyl/N-ethyl adjacent to an activating group) is 2. The van der Waals surface area contributed by atoms with E-state index in [0.717, 1.165) is 11.1 Å². The molecular weight excluding hydrogens is 468 g/mol. The van der Waals surface area contributed by atoms with Crippen molar-refractivity contribution in [2.75, 3.05) is 44.5 Å². The van der Waals surface area contributed by atoms with Gasteiger partial charge in [-0.2, -0.15) is 0 Å². The van der Waals surface area contributed by atoms with E-state index in [2.05, 4.69) is 10.6 Å². The summed E-state index contributed by atoms with van der Waals surface area (Å²) in [5.74, 6) is -0.00820. The van der Waals surface area contributed by atoms with Crippen LogP contribution in [0.4, 0.5) is 11.4 Å². The number of hydrogen-bond acceptors (Lipinski definition) is 5. The minimum absolute atomic E-state index is 0.0744. The number of carbonyl (C=O) groups excluding carboxylic acids is 3. The van der Waals surface area contributed by atoms with E-state index < -0.39 is 6.04 Å². The lowest BCUT2D eigenvalue weighted by Gasteiger charge is -2.31. The summed E-state index contributed by atoms with van der Waals surface area (Å²) in [4.78, 5) is 43.3. The molecule has 0 aliphatic carbocycles. The van der Waals surface area contributed by atoms with Gasteiger partial charge in [-0.25, -0.2) is 0 Å². The average molecular weight is 501 g/mol. The second-order valence-corrected chi connectivity index (χ2v) is 9.14. The first kappa shape index (κ1) is 25.9. The fourth-order valence-corrected chi connectivity index (χ4v) is 4.40. The minimum Gasteiger partial charge on any atom is -0.497 e. The van der Waals surface area contributed by atoms with E-state index in [9.17, 15) is 14.4 Å². The molecule has 3 aromatic rings. The van der Waals surface area contributed by atoms with Gasteiger partial charge in [0, 0.05) is 31.3 Å². The summed E-state index contributed by atoms with van der Waals surface area (Å²) in [6.45, 7) is 3.19. The minimum atomic E-state index is -0.531. The molecule has 1 aliphatic heterocycles. The number of nitrogens with one attached hydrogen (secondary N) is 2. The van der Waals surface area contributed by atoms with Gasteiger partial charge < -0.3 is 20.3 Å². The lowest BCUT2D eigenvalue weighted by Crippen LogP contribution is -2.35. The molecular formula is C29H32N4O4. The van der Waals surface area contributed by atoms with Crippen LogP contribution in [0.3, 0.4) is 0 Å². The molecule has 0 radical (unpaired) electrons. The number of amides is 3. The van der Waals surface area contributed by atoms with Crippen molar-refractivity contribution in [1.29, 1.82) is 0 Å². The first-order valence-corrected chi connectivity index (χ1v) is 12.2. The topological polar surface area (TPSA) is 91.0 Å². The second kappa shape index (κ2) is 11.3. The Morgan fingerprint density at radius 3 is 2.38 bits per heavy atom. The van der Waals surface area contributed by atoms with Gasteiger partial charge in [0.25, 0.3) is 11.8 Å². The third kappa shape index (κ3) is 5.65. The van der Waals surface area contributed by atoms with Crippen molar-refractivity contribution < 1.29 is 19.1 Å². The van der Waals surface area contributed by atoms with Gasteiger partial charge in [-0.15, -0.1) is 0 Å². The average Bonchev–Trinajstić information content (AvgIpc) is 3.06. The number of benzene rings is 3. The summed E-state index contributed by atoms with van der Waals surface area (Å²) in [5.41, 5.74) is 3.79. The van der Waals surface area contributed by atoms with Crippen LogP contribution in [-0.4, -0.2) is 56.9 Å². The van der Waals surface area contributed by atoms with Gasteiger partial charge in [0.1, 0.15) is 5.75 Å². The van der Waals surface area contributed by atoms with Gasteiger partial charge in [0.15, 0.2) is 0 Å². The molecule has 1 atom stereocenters. The van der Waals surface area contributed by atoms with Crippen LogP contribution in [0.15, 0.2) is 66.7 Å². The normalized spacial score (nSPS) is 14.9. The summed E-state index contributed by atoms with van der Waals surface area (Å²) in [7, 11) is 5.13. The largest absolute Gasteiger partial charge is 0.497 e. The van der Waals surface area contributed by atoms with Crippen molar-refractivity contribution >= 4 is 29.1 Å². The zero-order chi connectivity index (χ0) is 26.5.